The van der Waals surface area contributed by atoms with E-state index >= 15 is 0 Å². The van der Waals surface area contributed by atoms with Crippen LogP contribution in [-0.2, 0) is 23.9 Å². The van der Waals surface area contributed by atoms with Crippen molar-refractivity contribution in [3.63, 3.8) is 0 Å². The molecule has 0 aliphatic carbocycles. The van der Waals surface area contributed by atoms with Crippen LogP contribution in [0.2, 0.25) is 0 Å². The van der Waals surface area contributed by atoms with Crippen molar-refractivity contribution in [3.8, 4) is 11.5 Å². The molecule has 2 aromatic rings. The summed E-state index contributed by atoms with van der Waals surface area (Å²) >= 11 is 0. The van der Waals surface area contributed by atoms with Crippen LogP contribution in [0.25, 0.3) is 0 Å². The summed E-state index contributed by atoms with van der Waals surface area (Å²) in [4.78, 5) is 41.7. The fourth-order valence-electron chi connectivity index (χ4n) is 2.38. The molecule has 0 saturated carbocycles. The number of para-hydroxylation sites is 2. The molecule has 0 fully saturated rings. The van der Waals surface area contributed by atoms with Crippen LogP contribution in [-0.4, -0.2) is 49.0 Å². The van der Waals surface area contributed by atoms with Gasteiger partial charge in [-0.3, -0.25) is 9.59 Å². The predicted molar refractivity (Wildman–Crippen MR) is 107 cm³/mol. The number of rotatable bonds is 7. The SMILES string of the molecule is CO/N=C(/C(=O)N(C)C(=O)OC(C)OC(C)=O)c1ccccc1Oc1ccccc1. The summed E-state index contributed by atoms with van der Waals surface area (Å²) in [6, 6.07) is 15.6. The number of imide groups is 1. The Labute approximate surface area is 173 Å². The average Bonchev–Trinajstić information content (AvgIpc) is 2.71. The molecular formula is C21H22N2O7. The van der Waals surface area contributed by atoms with Gasteiger partial charge in [0.15, 0.2) is 5.71 Å². The molecule has 9 nitrogen and oxygen atoms in total. The van der Waals surface area contributed by atoms with Crippen LogP contribution in [0.4, 0.5) is 4.79 Å². The van der Waals surface area contributed by atoms with Crippen molar-refractivity contribution >= 4 is 23.7 Å². The number of oxime groups is 1. The van der Waals surface area contributed by atoms with Crippen LogP contribution in [0, 0.1) is 0 Å². The number of hydrogen-bond acceptors (Lipinski definition) is 8. The third kappa shape index (κ3) is 6.06. The van der Waals surface area contributed by atoms with Crippen molar-refractivity contribution < 1.29 is 33.4 Å². The molecule has 2 aromatic carbocycles. The number of hydrogen-bond donors (Lipinski definition) is 0. The van der Waals surface area contributed by atoms with Gasteiger partial charge in [-0.2, -0.15) is 0 Å². The molecule has 0 bridgehead atoms. The maximum atomic E-state index is 12.9. The number of benzene rings is 2. The monoisotopic (exact) mass is 414 g/mol. The van der Waals surface area contributed by atoms with E-state index in [9.17, 15) is 14.4 Å². The van der Waals surface area contributed by atoms with E-state index in [1.54, 1.807) is 48.5 Å². The summed E-state index contributed by atoms with van der Waals surface area (Å²) in [7, 11) is 2.48. The van der Waals surface area contributed by atoms with Gasteiger partial charge in [-0.1, -0.05) is 35.5 Å². The summed E-state index contributed by atoms with van der Waals surface area (Å²) in [6.07, 6.45) is -2.19. The molecule has 2 rings (SSSR count). The molecular weight excluding hydrogens is 392 g/mol. The van der Waals surface area contributed by atoms with E-state index in [0.29, 0.717) is 22.0 Å². The van der Waals surface area contributed by atoms with Crippen LogP contribution in [0.3, 0.4) is 0 Å². The number of amides is 2. The predicted octanol–water partition coefficient (Wildman–Crippen LogP) is 3.33. The normalized spacial score (nSPS) is 11.8. The number of carbonyl (C=O) groups is 3. The van der Waals surface area contributed by atoms with Crippen LogP contribution < -0.4 is 4.74 Å². The number of likely N-dealkylation sites (N-methyl/N-ethyl adjacent to an activating group) is 1. The maximum Gasteiger partial charge on any atom is 0.419 e. The number of carbonyl (C=O) groups excluding carboxylic acids is 3. The quantitative estimate of drug-likeness (QED) is 0.296. The van der Waals surface area contributed by atoms with E-state index in [0.717, 1.165) is 0 Å². The van der Waals surface area contributed by atoms with Gasteiger partial charge < -0.3 is 19.0 Å². The molecule has 9 heteroatoms. The second-order valence-corrected chi connectivity index (χ2v) is 5.96. The second kappa shape index (κ2) is 10.6. The van der Waals surface area contributed by atoms with Crippen molar-refractivity contribution in [2.45, 2.75) is 20.1 Å². The van der Waals surface area contributed by atoms with E-state index < -0.39 is 24.3 Å². The minimum absolute atomic E-state index is 0.177. The fourth-order valence-corrected chi connectivity index (χ4v) is 2.38. The molecule has 158 valence electrons. The molecule has 0 N–H and O–H groups in total. The van der Waals surface area contributed by atoms with Crippen molar-refractivity contribution in [1.82, 2.24) is 4.90 Å². The molecule has 0 spiro atoms. The number of ether oxygens (including phenoxy) is 3. The second-order valence-electron chi connectivity index (χ2n) is 5.96. The average molecular weight is 414 g/mol. The first-order valence-corrected chi connectivity index (χ1v) is 8.92. The van der Waals surface area contributed by atoms with Gasteiger partial charge in [-0.25, -0.2) is 9.69 Å². The fraction of sp³-hybridized carbons (Fsp3) is 0.238. The van der Waals surface area contributed by atoms with Crippen LogP contribution in [0.1, 0.15) is 19.4 Å². The van der Waals surface area contributed by atoms with E-state index in [1.165, 1.54) is 28.0 Å². The lowest BCUT2D eigenvalue weighted by molar-refractivity contribution is -0.163. The van der Waals surface area contributed by atoms with E-state index in [-0.39, 0.29) is 5.71 Å². The maximum absolute atomic E-state index is 12.9. The minimum Gasteiger partial charge on any atom is -0.457 e. The first kappa shape index (κ1) is 22.4. The number of esters is 1. The van der Waals surface area contributed by atoms with Crippen molar-refractivity contribution in [2.24, 2.45) is 5.16 Å². The summed E-state index contributed by atoms with van der Waals surface area (Å²) in [6.45, 7) is 2.52. The topological polar surface area (TPSA) is 104 Å². The van der Waals surface area contributed by atoms with Gasteiger partial charge in [-0.15, -0.1) is 0 Å². The standard InChI is InChI=1S/C21H22N2O7/c1-14(24)28-15(2)29-21(26)23(3)20(25)19(22-27-4)17-12-8-9-13-18(17)30-16-10-6-5-7-11-16/h5-13,15H,1-4H3/b22-19+. The summed E-state index contributed by atoms with van der Waals surface area (Å²) in [5.41, 5.74) is 0.129. The lowest BCUT2D eigenvalue weighted by Gasteiger charge is -2.20. The highest BCUT2D eigenvalue weighted by Gasteiger charge is 2.29. The van der Waals surface area contributed by atoms with Gasteiger partial charge in [0, 0.05) is 20.9 Å². The zero-order valence-electron chi connectivity index (χ0n) is 17.0. The molecule has 0 saturated heterocycles. The Morgan fingerprint density at radius 2 is 1.60 bits per heavy atom. The first-order chi connectivity index (χ1) is 14.3. The molecule has 0 aromatic heterocycles. The minimum atomic E-state index is -1.17. The van der Waals surface area contributed by atoms with Gasteiger partial charge in [-0.05, 0) is 24.3 Å². The Bertz CT molecular complexity index is 928. The Morgan fingerprint density at radius 3 is 2.23 bits per heavy atom. The Hall–Kier alpha value is -3.88. The van der Waals surface area contributed by atoms with Crippen molar-refractivity contribution in [3.05, 3.63) is 60.2 Å². The first-order valence-electron chi connectivity index (χ1n) is 8.92. The zero-order chi connectivity index (χ0) is 22.1. The van der Waals surface area contributed by atoms with Gasteiger partial charge in [0.05, 0.1) is 5.56 Å². The Balaban J connectivity index is 2.27. The smallest absolute Gasteiger partial charge is 0.419 e. The van der Waals surface area contributed by atoms with Crippen molar-refractivity contribution in [1.29, 1.82) is 0 Å². The van der Waals surface area contributed by atoms with Gasteiger partial charge in [0.1, 0.15) is 18.6 Å². The lowest BCUT2D eigenvalue weighted by atomic mass is 10.1. The van der Waals surface area contributed by atoms with E-state index in [2.05, 4.69) is 5.16 Å². The molecule has 1 unspecified atom stereocenters. The third-order valence-corrected chi connectivity index (χ3v) is 3.68. The molecule has 0 aliphatic heterocycles. The molecule has 30 heavy (non-hydrogen) atoms. The zero-order valence-corrected chi connectivity index (χ0v) is 17.0. The van der Waals surface area contributed by atoms with Crippen LogP contribution in [0.5, 0.6) is 11.5 Å². The van der Waals surface area contributed by atoms with Gasteiger partial charge in [0.25, 0.3) is 5.91 Å². The molecule has 2 amide bonds. The summed E-state index contributed by atoms with van der Waals surface area (Å²) < 4.78 is 15.5. The Morgan fingerprint density at radius 1 is 0.967 bits per heavy atom. The van der Waals surface area contributed by atoms with Gasteiger partial charge >= 0.3 is 12.1 Å². The van der Waals surface area contributed by atoms with E-state index in [4.69, 9.17) is 19.0 Å². The molecule has 0 aliphatic rings. The largest absolute Gasteiger partial charge is 0.457 e. The number of nitrogens with zero attached hydrogens (tertiary/aromatic N) is 2. The lowest BCUT2D eigenvalue weighted by Crippen LogP contribution is -2.40. The van der Waals surface area contributed by atoms with Crippen LogP contribution in [0.15, 0.2) is 59.8 Å². The molecule has 0 radical (unpaired) electrons. The molecule has 0 heterocycles. The highest BCUT2D eigenvalue weighted by molar-refractivity contribution is 6.47. The van der Waals surface area contributed by atoms with Crippen LogP contribution >= 0.6 is 0 Å². The highest BCUT2D eigenvalue weighted by Crippen LogP contribution is 2.26. The third-order valence-electron chi connectivity index (χ3n) is 3.68. The summed E-state index contributed by atoms with van der Waals surface area (Å²) in [5.74, 6) is -0.543. The highest BCUT2D eigenvalue weighted by atomic mass is 16.7. The van der Waals surface area contributed by atoms with Gasteiger partial charge in [0.2, 0.25) is 6.29 Å². The summed E-state index contributed by atoms with van der Waals surface area (Å²) in [5, 5.41) is 3.78. The van der Waals surface area contributed by atoms with E-state index in [1.807, 2.05) is 6.07 Å². The Kier molecular flexibility index (Phi) is 7.92. The molecule has 1 atom stereocenters. The van der Waals surface area contributed by atoms with Crippen molar-refractivity contribution in [2.75, 3.05) is 14.2 Å².